The van der Waals surface area contributed by atoms with Crippen LogP contribution in [0.25, 0.3) is 0 Å². The molecule has 5 heteroatoms. The van der Waals surface area contributed by atoms with Gasteiger partial charge in [-0.3, -0.25) is 4.79 Å². The van der Waals surface area contributed by atoms with Crippen molar-refractivity contribution < 1.29 is 14.3 Å². The molecule has 1 aliphatic heterocycles. The Morgan fingerprint density at radius 1 is 1.32 bits per heavy atom. The minimum absolute atomic E-state index is 0.0348. The molecule has 1 unspecified atom stereocenters. The summed E-state index contributed by atoms with van der Waals surface area (Å²) in [6.07, 6.45) is 5.24. The first-order valence-corrected chi connectivity index (χ1v) is 9.10. The maximum absolute atomic E-state index is 12.7. The van der Waals surface area contributed by atoms with Crippen molar-refractivity contribution in [3.8, 4) is 18.1 Å². The molecule has 4 nitrogen and oxygen atoms in total. The Bertz CT molecular complexity index is 800. The number of morpholine rings is 1. The first-order chi connectivity index (χ1) is 12.2. The van der Waals surface area contributed by atoms with Crippen LogP contribution in [0.1, 0.15) is 15.9 Å². The van der Waals surface area contributed by atoms with Gasteiger partial charge < -0.3 is 14.4 Å². The Kier molecular flexibility index (Phi) is 5.95. The summed E-state index contributed by atoms with van der Waals surface area (Å²) in [4.78, 5) is 14.6. The Hall–Kier alpha value is -2.04. The minimum Gasteiger partial charge on any atom is -0.491 e. The van der Waals surface area contributed by atoms with Gasteiger partial charge in [-0.05, 0) is 52.9 Å². The second kappa shape index (κ2) is 8.37. The smallest absolute Gasteiger partial charge is 0.255 e. The summed E-state index contributed by atoms with van der Waals surface area (Å²) in [5.74, 6) is 3.33. The zero-order valence-corrected chi connectivity index (χ0v) is 15.8. The van der Waals surface area contributed by atoms with Crippen LogP contribution in [0.15, 0.2) is 48.5 Å². The molecule has 1 atom stereocenters. The second-order valence-corrected chi connectivity index (χ2v) is 6.87. The number of terminal acetylenes is 1. The van der Waals surface area contributed by atoms with Gasteiger partial charge in [0.05, 0.1) is 18.7 Å². The van der Waals surface area contributed by atoms with Crippen LogP contribution in [0, 0.1) is 15.9 Å². The van der Waals surface area contributed by atoms with Gasteiger partial charge in [-0.25, -0.2) is 0 Å². The molecule has 2 aromatic rings. The molecule has 0 N–H and O–H groups in total. The van der Waals surface area contributed by atoms with Crippen molar-refractivity contribution in [2.45, 2.75) is 6.10 Å². The Morgan fingerprint density at radius 2 is 2.16 bits per heavy atom. The van der Waals surface area contributed by atoms with E-state index in [1.807, 2.05) is 53.4 Å². The zero-order chi connectivity index (χ0) is 17.6. The third-order valence-corrected chi connectivity index (χ3v) is 4.91. The molecule has 128 valence electrons. The molecule has 0 radical (unpaired) electrons. The van der Waals surface area contributed by atoms with Gasteiger partial charge in [0.1, 0.15) is 18.5 Å². The molecule has 0 bridgehead atoms. The zero-order valence-electron chi connectivity index (χ0n) is 13.7. The van der Waals surface area contributed by atoms with E-state index in [1.54, 1.807) is 0 Å². The van der Waals surface area contributed by atoms with E-state index in [9.17, 15) is 4.79 Å². The predicted molar refractivity (Wildman–Crippen MR) is 105 cm³/mol. The number of halogens is 1. The summed E-state index contributed by atoms with van der Waals surface area (Å²) in [6.45, 7) is 1.99. The molecule has 1 fully saturated rings. The van der Waals surface area contributed by atoms with Gasteiger partial charge in [0.25, 0.3) is 5.91 Å². The summed E-state index contributed by atoms with van der Waals surface area (Å²) < 4.78 is 12.5. The van der Waals surface area contributed by atoms with Gasteiger partial charge in [0, 0.05) is 15.7 Å². The van der Waals surface area contributed by atoms with Crippen LogP contribution in [0.5, 0.6) is 5.75 Å². The highest BCUT2D eigenvalue weighted by atomic mass is 127. The number of carbonyl (C=O) groups excluding carboxylic acids is 1. The van der Waals surface area contributed by atoms with Crippen LogP contribution >= 0.6 is 22.6 Å². The molecule has 0 aromatic heterocycles. The largest absolute Gasteiger partial charge is 0.491 e. The molecular weight excluding hydrogens is 429 g/mol. The highest BCUT2D eigenvalue weighted by Crippen LogP contribution is 2.18. The average molecular weight is 447 g/mol. The number of rotatable bonds is 4. The van der Waals surface area contributed by atoms with Crippen LogP contribution in [0.2, 0.25) is 0 Å². The van der Waals surface area contributed by atoms with Crippen molar-refractivity contribution in [3.63, 3.8) is 0 Å². The maximum atomic E-state index is 12.7. The molecule has 0 saturated carbocycles. The van der Waals surface area contributed by atoms with E-state index in [0.717, 1.165) is 14.7 Å². The summed E-state index contributed by atoms with van der Waals surface area (Å²) in [5, 5.41) is 0. The molecule has 2 aromatic carbocycles. The van der Waals surface area contributed by atoms with Gasteiger partial charge >= 0.3 is 0 Å². The SMILES string of the molecule is C#Cc1cccc(OCC2CN(C(=O)c3ccccc3I)CCO2)c1. The van der Waals surface area contributed by atoms with Crippen molar-refractivity contribution in [2.24, 2.45) is 0 Å². The van der Waals surface area contributed by atoms with Crippen LogP contribution in [0.4, 0.5) is 0 Å². The van der Waals surface area contributed by atoms with Gasteiger partial charge in [0.2, 0.25) is 0 Å². The molecule has 1 heterocycles. The Labute approximate surface area is 161 Å². The molecule has 3 rings (SSSR count). The first-order valence-electron chi connectivity index (χ1n) is 8.02. The highest BCUT2D eigenvalue weighted by Gasteiger charge is 2.26. The number of nitrogens with zero attached hydrogens (tertiary/aromatic N) is 1. The summed E-state index contributed by atoms with van der Waals surface area (Å²) in [6, 6.07) is 15.0. The predicted octanol–water partition coefficient (Wildman–Crippen LogP) is 3.19. The Balaban J connectivity index is 1.60. The van der Waals surface area contributed by atoms with E-state index >= 15 is 0 Å². The quantitative estimate of drug-likeness (QED) is 0.534. The fourth-order valence-corrected chi connectivity index (χ4v) is 3.29. The number of ether oxygens (including phenoxy) is 2. The lowest BCUT2D eigenvalue weighted by Crippen LogP contribution is -2.47. The number of hydrogen-bond acceptors (Lipinski definition) is 3. The van der Waals surface area contributed by atoms with Crippen molar-refractivity contribution in [1.82, 2.24) is 4.90 Å². The fourth-order valence-electron chi connectivity index (χ4n) is 2.67. The van der Waals surface area contributed by atoms with Crippen LogP contribution in [-0.2, 0) is 4.74 Å². The average Bonchev–Trinajstić information content (AvgIpc) is 2.66. The van der Waals surface area contributed by atoms with Crippen molar-refractivity contribution in [3.05, 3.63) is 63.2 Å². The van der Waals surface area contributed by atoms with E-state index in [1.165, 1.54) is 0 Å². The number of carbonyl (C=O) groups is 1. The van der Waals surface area contributed by atoms with Crippen molar-refractivity contribution in [1.29, 1.82) is 0 Å². The Morgan fingerprint density at radius 3 is 2.96 bits per heavy atom. The number of benzene rings is 2. The first kappa shape index (κ1) is 17.8. The lowest BCUT2D eigenvalue weighted by atomic mass is 10.1. The normalized spacial score (nSPS) is 17.0. The second-order valence-electron chi connectivity index (χ2n) is 5.71. The highest BCUT2D eigenvalue weighted by molar-refractivity contribution is 14.1. The summed E-state index contributed by atoms with van der Waals surface area (Å²) in [7, 11) is 0. The molecule has 1 aliphatic rings. The topological polar surface area (TPSA) is 38.8 Å². The standard InChI is InChI=1S/C20H18INO3/c1-2-15-6-5-7-16(12-15)25-14-17-13-22(10-11-24-17)20(23)18-8-3-4-9-19(18)21/h1,3-9,12,17H,10-11,13-14H2. The molecule has 1 saturated heterocycles. The summed E-state index contributed by atoms with van der Waals surface area (Å²) >= 11 is 2.19. The monoisotopic (exact) mass is 447 g/mol. The molecular formula is C20H18INO3. The molecule has 1 amide bonds. The van der Waals surface area contributed by atoms with Crippen molar-refractivity contribution in [2.75, 3.05) is 26.3 Å². The summed E-state index contributed by atoms with van der Waals surface area (Å²) in [5.41, 5.74) is 1.50. The lowest BCUT2D eigenvalue weighted by molar-refractivity contribution is -0.0401. The molecule has 25 heavy (non-hydrogen) atoms. The molecule has 0 aliphatic carbocycles. The molecule has 0 spiro atoms. The van der Waals surface area contributed by atoms with E-state index in [2.05, 4.69) is 28.5 Å². The fraction of sp³-hybridized carbons (Fsp3) is 0.250. The number of amides is 1. The van der Waals surface area contributed by atoms with Gasteiger partial charge in [-0.1, -0.05) is 24.1 Å². The van der Waals surface area contributed by atoms with Crippen LogP contribution in [-0.4, -0.2) is 43.2 Å². The number of hydrogen-bond donors (Lipinski definition) is 0. The van der Waals surface area contributed by atoms with Crippen molar-refractivity contribution >= 4 is 28.5 Å². The minimum atomic E-state index is -0.159. The van der Waals surface area contributed by atoms with E-state index in [0.29, 0.717) is 32.1 Å². The third-order valence-electron chi connectivity index (χ3n) is 3.97. The maximum Gasteiger partial charge on any atom is 0.255 e. The van der Waals surface area contributed by atoms with Gasteiger partial charge in [-0.2, -0.15) is 0 Å². The van der Waals surface area contributed by atoms with E-state index in [4.69, 9.17) is 15.9 Å². The van der Waals surface area contributed by atoms with Gasteiger partial charge in [-0.15, -0.1) is 6.42 Å². The van der Waals surface area contributed by atoms with E-state index in [-0.39, 0.29) is 12.0 Å². The third kappa shape index (κ3) is 4.53. The van der Waals surface area contributed by atoms with Gasteiger partial charge in [0.15, 0.2) is 0 Å². The van der Waals surface area contributed by atoms with Crippen LogP contribution < -0.4 is 4.74 Å². The lowest BCUT2D eigenvalue weighted by Gasteiger charge is -2.33. The van der Waals surface area contributed by atoms with E-state index < -0.39 is 0 Å². The van der Waals surface area contributed by atoms with Crippen LogP contribution in [0.3, 0.4) is 0 Å².